The molecule has 2 rings (SSSR count). The summed E-state index contributed by atoms with van der Waals surface area (Å²) in [7, 11) is 0. The molecule has 0 aliphatic heterocycles. The van der Waals surface area contributed by atoms with Crippen molar-refractivity contribution in [1.29, 1.82) is 0 Å². The van der Waals surface area contributed by atoms with Gasteiger partial charge in [-0.1, -0.05) is 25.1 Å². The lowest BCUT2D eigenvalue weighted by Crippen LogP contribution is -2.41. The SMILES string of the molecule is CC[C@H](C)NC(=O)C(=O)N/N=C\c1cccc(OCC(=O)Nc2ccc(C)c(C)c2)c1. The Kier molecular flexibility index (Phi) is 8.75. The van der Waals surface area contributed by atoms with Gasteiger partial charge in [-0.3, -0.25) is 14.4 Å². The number of rotatable bonds is 8. The zero-order valence-electron chi connectivity index (χ0n) is 18.2. The highest BCUT2D eigenvalue weighted by Gasteiger charge is 2.14. The number of anilines is 1. The average molecular weight is 425 g/mol. The highest BCUT2D eigenvalue weighted by molar-refractivity contribution is 6.35. The van der Waals surface area contributed by atoms with Gasteiger partial charge in [0.2, 0.25) is 0 Å². The molecule has 0 fully saturated rings. The van der Waals surface area contributed by atoms with Gasteiger partial charge in [-0.25, -0.2) is 5.43 Å². The van der Waals surface area contributed by atoms with Crippen LogP contribution in [0.15, 0.2) is 47.6 Å². The smallest absolute Gasteiger partial charge is 0.329 e. The Labute approximate surface area is 182 Å². The van der Waals surface area contributed by atoms with Crippen LogP contribution in [0.5, 0.6) is 5.75 Å². The summed E-state index contributed by atoms with van der Waals surface area (Å²) >= 11 is 0. The normalized spacial score (nSPS) is 11.6. The number of hydrazone groups is 1. The lowest BCUT2D eigenvalue weighted by molar-refractivity contribution is -0.139. The Bertz CT molecular complexity index is 972. The molecule has 0 radical (unpaired) electrons. The predicted molar refractivity (Wildman–Crippen MR) is 120 cm³/mol. The Morgan fingerprint density at radius 1 is 1.06 bits per heavy atom. The molecule has 0 aromatic heterocycles. The molecule has 0 bridgehead atoms. The number of carbonyl (C=O) groups excluding carboxylic acids is 3. The Hall–Kier alpha value is -3.68. The first kappa shape index (κ1) is 23.6. The lowest BCUT2D eigenvalue weighted by atomic mass is 10.1. The fourth-order valence-corrected chi connectivity index (χ4v) is 2.46. The van der Waals surface area contributed by atoms with Gasteiger partial charge in [0.05, 0.1) is 6.21 Å². The number of hydrogen-bond donors (Lipinski definition) is 3. The molecule has 0 aliphatic carbocycles. The molecule has 0 unspecified atom stereocenters. The van der Waals surface area contributed by atoms with Gasteiger partial charge < -0.3 is 15.4 Å². The van der Waals surface area contributed by atoms with Gasteiger partial charge in [-0.15, -0.1) is 0 Å². The van der Waals surface area contributed by atoms with Crippen LogP contribution in [0.2, 0.25) is 0 Å². The largest absolute Gasteiger partial charge is 0.484 e. The second-order valence-corrected chi connectivity index (χ2v) is 7.19. The van der Waals surface area contributed by atoms with E-state index in [1.165, 1.54) is 6.21 Å². The minimum atomic E-state index is -0.841. The van der Waals surface area contributed by atoms with Gasteiger partial charge in [0.1, 0.15) is 5.75 Å². The van der Waals surface area contributed by atoms with Gasteiger partial charge in [-0.2, -0.15) is 5.10 Å². The monoisotopic (exact) mass is 424 g/mol. The van der Waals surface area contributed by atoms with Crippen molar-refractivity contribution < 1.29 is 19.1 Å². The molecular weight excluding hydrogens is 396 g/mol. The molecular formula is C23H28N4O4. The second kappa shape index (κ2) is 11.5. The van der Waals surface area contributed by atoms with Crippen LogP contribution in [0.4, 0.5) is 5.69 Å². The van der Waals surface area contributed by atoms with Crippen LogP contribution >= 0.6 is 0 Å². The highest BCUT2D eigenvalue weighted by Crippen LogP contribution is 2.15. The molecule has 1 atom stereocenters. The van der Waals surface area contributed by atoms with Crippen LogP contribution in [-0.2, 0) is 14.4 Å². The fraction of sp³-hybridized carbons (Fsp3) is 0.304. The number of nitrogens with zero attached hydrogens (tertiary/aromatic N) is 1. The Morgan fingerprint density at radius 2 is 1.84 bits per heavy atom. The quantitative estimate of drug-likeness (QED) is 0.344. The summed E-state index contributed by atoms with van der Waals surface area (Å²) in [5.41, 5.74) is 5.77. The minimum absolute atomic E-state index is 0.0942. The van der Waals surface area contributed by atoms with E-state index in [0.29, 0.717) is 17.0 Å². The van der Waals surface area contributed by atoms with Crippen LogP contribution < -0.4 is 20.8 Å². The van der Waals surface area contributed by atoms with Gasteiger partial charge in [0, 0.05) is 11.7 Å². The molecule has 0 aliphatic rings. The third-order valence-corrected chi connectivity index (χ3v) is 4.59. The molecule has 2 aromatic carbocycles. The van der Waals surface area contributed by atoms with Gasteiger partial charge >= 0.3 is 11.8 Å². The van der Waals surface area contributed by atoms with E-state index >= 15 is 0 Å². The molecule has 0 heterocycles. The van der Waals surface area contributed by atoms with Crippen LogP contribution in [0.1, 0.15) is 37.0 Å². The van der Waals surface area contributed by atoms with Crippen molar-refractivity contribution in [2.45, 2.75) is 40.2 Å². The first-order valence-electron chi connectivity index (χ1n) is 10.0. The fourth-order valence-electron chi connectivity index (χ4n) is 2.46. The van der Waals surface area contributed by atoms with Crippen molar-refractivity contribution in [3.8, 4) is 5.75 Å². The third kappa shape index (κ3) is 7.93. The van der Waals surface area contributed by atoms with E-state index in [0.717, 1.165) is 17.5 Å². The molecule has 164 valence electrons. The van der Waals surface area contributed by atoms with E-state index < -0.39 is 11.8 Å². The first-order valence-corrected chi connectivity index (χ1v) is 10.0. The molecule has 31 heavy (non-hydrogen) atoms. The molecule has 0 saturated heterocycles. The summed E-state index contributed by atoms with van der Waals surface area (Å²) in [6.07, 6.45) is 2.11. The number of amides is 3. The molecule has 3 N–H and O–H groups in total. The predicted octanol–water partition coefficient (Wildman–Crippen LogP) is 2.69. The van der Waals surface area contributed by atoms with Crippen LogP contribution in [0, 0.1) is 13.8 Å². The van der Waals surface area contributed by atoms with E-state index in [1.54, 1.807) is 24.3 Å². The second-order valence-electron chi connectivity index (χ2n) is 7.19. The molecule has 8 heteroatoms. The minimum Gasteiger partial charge on any atom is -0.484 e. The number of carbonyl (C=O) groups is 3. The number of aryl methyl sites for hydroxylation is 2. The number of ether oxygens (including phenoxy) is 1. The summed E-state index contributed by atoms with van der Waals surface area (Å²) in [4.78, 5) is 35.5. The average Bonchev–Trinajstić information content (AvgIpc) is 2.75. The summed E-state index contributed by atoms with van der Waals surface area (Å²) in [6, 6.07) is 12.4. The van der Waals surface area contributed by atoms with Crippen molar-refractivity contribution in [3.05, 3.63) is 59.2 Å². The van der Waals surface area contributed by atoms with Crippen molar-refractivity contribution in [2.24, 2.45) is 5.10 Å². The van der Waals surface area contributed by atoms with Crippen LogP contribution in [0.25, 0.3) is 0 Å². The summed E-state index contributed by atoms with van der Waals surface area (Å²) in [6.45, 7) is 7.55. The molecule has 0 spiro atoms. The zero-order chi connectivity index (χ0) is 22.8. The van der Waals surface area contributed by atoms with Crippen molar-refractivity contribution in [1.82, 2.24) is 10.7 Å². The van der Waals surface area contributed by atoms with Gasteiger partial charge in [-0.05, 0) is 68.1 Å². The maximum atomic E-state index is 12.1. The van der Waals surface area contributed by atoms with Crippen molar-refractivity contribution in [2.75, 3.05) is 11.9 Å². The van der Waals surface area contributed by atoms with E-state index in [1.807, 2.05) is 45.9 Å². The number of nitrogens with one attached hydrogen (secondary N) is 3. The first-order chi connectivity index (χ1) is 14.8. The van der Waals surface area contributed by atoms with E-state index in [9.17, 15) is 14.4 Å². The van der Waals surface area contributed by atoms with Crippen LogP contribution in [0.3, 0.4) is 0 Å². The topological polar surface area (TPSA) is 109 Å². The summed E-state index contributed by atoms with van der Waals surface area (Å²) in [5, 5.41) is 9.13. The molecule has 8 nitrogen and oxygen atoms in total. The van der Waals surface area contributed by atoms with E-state index in [-0.39, 0.29) is 18.6 Å². The lowest BCUT2D eigenvalue weighted by Gasteiger charge is -2.10. The molecule has 3 amide bonds. The van der Waals surface area contributed by atoms with Crippen LogP contribution in [-0.4, -0.2) is 36.6 Å². The Morgan fingerprint density at radius 3 is 2.55 bits per heavy atom. The number of hydrogen-bond acceptors (Lipinski definition) is 5. The third-order valence-electron chi connectivity index (χ3n) is 4.59. The zero-order valence-corrected chi connectivity index (χ0v) is 18.2. The summed E-state index contributed by atoms with van der Waals surface area (Å²) in [5.74, 6) is -1.38. The molecule has 0 saturated carbocycles. The van der Waals surface area contributed by atoms with E-state index in [2.05, 4.69) is 21.2 Å². The summed E-state index contributed by atoms with van der Waals surface area (Å²) < 4.78 is 5.53. The van der Waals surface area contributed by atoms with E-state index in [4.69, 9.17) is 4.74 Å². The Balaban J connectivity index is 1.85. The van der Waals surface area contributed by atoms with Gasteiger partial charge in [0.25, 0.3) is 5.91 Å². The highest BCUT2D eigenvalue weighted by atomic mass is 16.5. The van der Waals surface area contributed by atoms with Crippen molar-refractivity contribution >= 4 is 29.6 Å². The number of benzene rings is 2. The molecule has 2 aromatic rings. The standard InChI is InChI=1S/C23H28N4O4/c1-5-17(4)25-22(29)23(30)27-24-13-18-7-6-8-20(12-18)31-14-21(28)26-19-10-9-15(2)16(3)11-19/h6-13,17H,5,14H2,1-4H3,(H,25,29)(H,26,28)(H,27,30)/b24-13-/t17-/m0/s1. The maximum Gasteiger partial charge on any atom is 0.329 e. The van der Waals surface area contributed by atoms with Crippen molar-refractivity contribution in [3.63, 3.8) is 0 Å². The maximum absolute atomic E-state index is 12.1. The van der Waals surface area contributed by atoms with Gasteiger partial charge in [0.15, 0.2) is 6.61 Å².